The number of ether oxygens (including phenoxy) is 2. The predicted molar refractivity (Wildman–Crippen MR) is 97.6 cm³/mol. The molecule has 0 aromatic carbocycles. The number of morpholine rings is 1. The molecule has 1 atom stereocenters. The molecule has 0 saturated carbocycles. The largest absolute Gasteiger partial charge is 0.495 e. The Balaban J connectivity index is 1.61. The molecule has 0 N–H and O–H groups in total. The zero-order valence-electron chi connectivity index (χ0n) is 15.6. The van der Waals surface area contributed by atoms with E-state index in [2.05, 4.69) is 15.2 Å². The van der Waals surface area contributed by atoms with Crippen molar-refractivity contribution in [1.29, 1.82) is 0 Å². The average molecular weight is 370 g/mol. The van der Waals surface area contributed by atoms with Crippen LogP contribution in [0.25, 0.3) is 11.0 Å². The number of methoxy groups -OCH3 is 1. The second-order valence-corrected chi connectivity index (χ2v) is 6.45. The molecule has 9 heteroatoms. The molecular weight excluding hydrogens is 348 g/mol. The Morgan fingerprint density at radius 1 is 1.33 bits per heavy atom. The first-order valence-corrected chi connectivity index (χ1v) is 8.90. The van der Waals surface area contributed by atoms with Gasteiger partial charge in [0.25, 0.3) is 5.91 Å². The summed E-state index contributed by atoms with van der Waals surface area (Å²) in [6, 6.07) is 0. The van der Waals surface area contributed by atoms with E-state index in [0.717, 1.165) is 17.5 Å². The van der Waals surface area contributed by atoms with Crippen molar-refractivity contribution in [2.45, 2.75) is 19.6 Å². The normalized spacial score (nSPS) is 17.4. The van der Waals surface area contributed by atoms with Gasteiger partial charge in [-0.25, -0.2) is 4.98 Å². The van der Waals surface area contributed by atoms with Crippen molar-refractivity contribution in [2.24, 2.45) is 7.05 Å². The van der Waals surface area contributed by atoms with Crippen LogP contribution in [0.15, 0.2) is 24.8 Å². The van der Waals surface area contributed by atoms with Crippen LogP contribution in [0.4, 0.5) is 0 Å². The van der Waals surface area contributed by atoms with Crippen LogP contribution in [0.3, 0.4) is 0 Å². The lowest BCUT2D eigenvalue weighted by Crippen LogP contribution is -2.42. The monoisotopic (exact) mass is 370 g/mol. The summed E-state index contributed by atoms with van der Waals surface area (Å²) in [5, 5.41) is 9.22. The van der Waals surface area contributed by atoms with E-state index in [1.807, 2.05) is 17.8 Å². The summed E-state index contributed by atoms with van der Waals surface area (Å²) in [5.41, 5.74) is 2.08. The van der Waals surface area contributed by atoms with Crippen LogP contribution in [-0.4, -0.2) is 62.2 Å². The van der Waals surface area contributed by atoms with Crippen molar-refractivity contribution in [1.82, 2.24) is 29.4 Å². The number of pyridine rings is 1. The fraction of sp³-hybridized carbons (Fsp3) is 0.444. The lowest BCUT2D eigenvalue weighted by molar-refractivity contribution is -0.0229. The number of fused-ring (bicyclic) bond motifs is 1. The van der Waals surface area contributed by atoms with Crippen molar-refractivity contribution < 1.29 is 14.3 Å². The van der Waals surface area contributed by atoms with E-state index < -0.39 is 0 Å². The van der Waals surface area contributed by atoms with Gasteiger partial charge < -0.3 is 14.4 Å². The van der Waals surface area contributed by atoms with Crippen molar-refractivity contribution >= 4 is 16.9 Å². The smallest absolute Gasteiger partial charge is 0.259 e. The molecule has 0 unspecified atom stereocenters. The fourth-order valence-electron chi connectivity index (χ4n) is 3.37. The molecule has 9 nitrogen and oxygen atoms in total. The van der Waals surface area contributed by atoms with Gasteiger partial charge in [-0.2, -0.15) is 10.2 Å². The molecule has 1 saturated heterocycles. The number of hydrogen-bond donors (Lipinski definition) is 0. The van der Waals surface area contributed by atoms with Crippen LogP contribution >= 0.6 is 0 Å². The molecule has 0 spiro atoms. The Morgan fingerprint density at radius 3 is 2.93 bits per heavy atom. The number of hydrogen-bond acceptors (Lipinski definition) is 6. The van der Waals surface area contributed by atoms with Crippen LogP contribution in [0.5, 0.6) is 5.75 Å². The minimum absolute atomic E-state index is 0.124. The summed E-state index contributed by atoms with van der Waals surface area (Å²) >= 11 is 0. The Morgan fingerprint density at radius 2 is 2.19 bits per heavy atom. The zero-order valence-corrected chi connectivity index (χ0v) is 15.6. The van der Waals surface area contributed by atoms with Gasteiger partial charge in [-0.1, -0.05) is 0 Å². The number of amides is 1. The molecule has 0 aliphatic carbocycles. The average Bonchev–Trinajstić information content (AvgIpc) is 3.34. The van der Waals surface area contributed by atoms with Gasteiger partial charge in [0, 0.05) is 38.1 Å². The second-order valence-electron chi connectivity index (χ2n) is 6.45. The number of rotatable bonds is 4. The van der Waals surface area contributed by atoms with Crippen LogP contribution in [0, 0.1) is 0 Å². The van der Waals surface area contributed by atoms with Crippen LogP contribution < -0.4 is 4.74 Å². The van der Waals surface area contributed by atoms with Gasteiger partial charge in [0.1, 0.15) is 17.4 Å². The third-order valence-electron chi connectivity index (χ3n) is 4.85. The molecule has 142 valence electrons. The second kappa shape index (κ2) is 6.99. The van der Waals surface area contributed by atoms with Gasteiger partial charge in [-0.3, -0.25) is 14.2 Å². The molecule has 0 bridgehead atoms. The minimum atomic E-state index is -0.191. The van der Waals surface area contributed by atoms with Gasteiger partial charge in [0.15, 0.2) is 5.65 Å². The highest BCUT2D eigenvalue weighted by molar-refractivity contribution is 6.01. The fourth-order valence-corrected chi connectivity index (χ4v) is 3.37. The van der Waals surface area contributed by atoms with E-state index in [0.29, 0.717) is 36.7 Å². The van der Waals surface area contributed by atoms with Crippen molar-refractivity contribution in [3.05, 3.63) is 35.9 Å². The SMILES string of the molecule is CCn1cc([C@H]2CN(C(=O)c3cnc4c(cnn4C)c3OC)CCO2)cn1. The summed E-state index contributed by atoms with van der Waals surface area (Å²) in [4.78, 5) is 19.3. The van der Waals surface area contributed by atoms with E-state index >= 15 is 0 Å². The molecular formula is C18H22N6O3. The third-order valence-corrected chi connectivity index (χ3v) is 4.85. The molecule has 1 fully saturated rings. The van der Waals surface area contributed by atoms with Crippen LogP contribution in [0.2, 0.25) is 0 Å². The first kappa shape index (κ1) is 17.5. The third kappa shape index (κ3) is 3.03. The Kier molecular flexibility index (Phi) is 4.53. The minimum Gasteiger partial charge on any atom is -0.495 e. The molecule has 4 heterocycles. The molecule has 1 aliphatic rings. The summed E-state index contributed by atoms with van der Waals surface area (Å²) in [6.07, 6.45) is 6.79. The maximum Gasteiger partial charge on any atom is 0.259 e. The highest BCUT2D eigenvalue weighted by Gasteiger charge is 2.29. The van der Waals surface area contributed by atoms with Crippen molar-refractivity contribution in [3.63, 3.8) is 0 Å². The van der Waals surface area contributed by atoms with Gasteiger partial charge in [0.05, 0.1) is 38.0 Å². The zero-order chi connectivity index (χ0) is 19.0. The van der Waals surface area contributed by atoms with E-state index in [1.54, 1.807) is 42.3 Å². The molecule has 1 aliphatic heterocycles. The number of aryl methyl sites for hydroxylation is 2. The first-order chi connectivity index (χ1) is 13.1. The topological polar surface area (TPSA) is 87.3 Å². The number of aromatic nitrogens is 5. The van der Waals surface area contributed by atoms with Crippen LogP contribution in [-0.2, 0) is 18.3 Å². The van der Waals surface area contributed by atoms with Crippen molar-refractivity contribution in [3.8, 4) is 5.75 Å². The quantitative estimate of drug-likeness (QED) is 0.690. The highest BCUT2D eigenvalue weighted by Crippen LogP contribution is 2.30. The lowest BCUT2D eigenvalue weighted by Gasteiger charge is -2.32. The molecule has 1 amide bonds. The number of nitrogens with zero attached hydrogens (tertiary/aromatic N) is 6. The summed E-state index contributed by atoms with van der Waals surface area (Å²) in [7, 11) is 3.36. The first-order valence-electron chi connectivity index (χ1n) is 8.90. The molecule has 0 radical (unpaired) electrons. The molecule has 3 aromatic heterocycles. The van der Waals surface area contributed by atoms with Gasteiger partial charge in [0.2, 0.25) is 0 Å². The Hall–Kier alpha value is -2.94. The van der Waals surface area contributed by atoms with E-state index in [-0.39, 0.29) is 12.0 Å². The van der Waals surface area contributed by atoms with E-state index in [9.17, 15) is 4.79 Å². The number of carbonyl (C=O) groups is 1. The van der Waals surface area contributed by atoms with Crippen molar-refractivity contribution in [2.75, 3.05) is 26.8 Å². The summed E-state index contributed by atoms with van der Waals surface area (Å²) in [5.74, 6) is 0.376. The summed E-state index contributed by atoms with van der Waals surface area (Å²) < 4.78 is 14.9. The maximum atomic E-state index is 13.2. The molecule has 4 rings (SSSR count). The molecule has 27 heavy (non-hydrogen) atoms. The van der Waals surface area contributed by atoms with Gasteiger partial charge in [-0.05, 0) is 6.92 Å². The highest BCUT2D eigenvalue weighted by atomic mass is 16.5. The summed E-state index contributed by atoms with van der Waals surface area (Å²) in [6.45, 7) is 4.28. The van der Waals surface area contributed by atoms with Gasteiger partial charge >= 0.3 is 0 Å². The molecule has 3 aromatic rings. The Labute approximate surface area is 156 Å². The van der Waals surface area contributed by atoms with Gasteiger partial charge in [-0.15, -0.1) is 0 Å². The van der Waals surface area contributed by atoms with E-state index in [4.69, 9.17) is 9.47 Å². The number of carbonyl (C=O) groups excluding carboxylic acids is 1. The standard InChI is InChI=1S/C18H22N6O3/c1-4-24-10-12(7-21-24)15-11-23(5-6-27-15)18(25)14-8-19-17-13(16(14)26-3)9-20-22(17)2/h7-10,15H,4-6,11H2,1-3H3/t15-/m1/s1. The predicted octanol–water partition coefficient (Wildman–Crippen LogP) is 1.41. The maximum absolute atomic E-state index is 13.2. The van der Waals surface area contributed by atoms with Crippen LogP contribution in [0.1, 0.15) is 28.9 Å². The Bertz CT molecular complexity index is 979. The van der Waals surface area contributed by atoms with E-state index in [1.165, 1.54) is 0 Å². The lowest BCUT2D eigenvalue weighted by atomic mass is 10.1.